The van der Waals surface area contributed by atoms with Crippen molar-refractivity contribution in [2.45, 2.75) is 27.2 Å². The molecule has 0 unspecified atom stereocenters. The van der Waals surface area contributed by atoms with Gasteiger partial charge < -0.3 is 0 Å². The third kappa shape index (κ3) is 10.3. The van der Waals surface area contributed by atoms with Crippen LogP contribution >= 0.6 is 8.17 Å². The molecule has 0 aliphatic heterocycles. The second kappa shape index (κ2) is 3.78. The molecule has 0 fully saturated rings. The predicted molar refractivity (Wildman–Crippen MR) is 45.0 cm³/mol. The summed E-state index contributed by atoms with van der Waals surface area (Å²) in [5, 5.41) is 0. The van der Waals surface area contributed by atoms with Crippen LogP contribution in [-0.4, -0.2) is 21.3 Å². The summed E-state index contributed by atoms with van der Waals surface area (Å²) in [6.07, 6.45) is 0.684. The molecule has 5 heteroatoms. The minimum atomic E-state index is -4.26. The molecule has 0 aromatic heterocycles. The zero-order chi connectivity index (χ0) is 9.12. The normalized spacial score (nSPS) is 15.1. The van der Waals surface area contributed by atoms with E-state index in [4.69, 9.17) is 14.7 Å². The Morgan fingerprint density at radius 3 is 1.91 bits per heavy atom. The summed E-state index contributed by atoms with van der Waals surface area (Å²) in [6, 6.07) is 0. The van der Waals surface area contributed by atoms with Crippen LogP contribution in [0.4, 0.5) is 0 Å². The minimum absolute atomic E-state index is 0.0830. The molecule has 0 bridgehead atoms. The van der Waals surface area contributed by atoms with E-state index in [0.717, 1.165) is 0 Å². The molecule has 0 aromatic carbocycles. The Balaban J connectivity index is 3.44. The van der Waals surface area contributed by atoms with Gasteiger partial charge in [-0.15, -0.1) is 0 Å². The van der Waals surface area contributed by atoms with Crippen LogP contribution in [0.5, 0.6) is 0 Å². The van der Waals surface area contributed by atoms with E-state index in [1.165, 1.54) is 0 Å². The van der Waals surface area contributed by atoms with Gasteiger partial charge in [-0.2, -0.15) is 0 Å². The van der Waals surface area contributed by atoms with Gasteiger partial charge >= 0.3 is 66.6 Å². The maximum absolute atomic E-state index is 8.44. The Morgan fingerprint density at radius 2 is 1.64 bits per heavy atom. The summed E-state index contributed by atoms with van der Waals surface area (Å²) in [4.78, 5) is 25.3. The molecule has 0 aliphatic rings. The van der Waals surface area contributed by atoms with E-state index in [2.05, 4.69) is 4.52 Å². The molecule has 0 saturated carbocycles. The van der Waals surface area contributed by atoms with E-state index >= 15 is 0 Å². The monoisotopic (exact) mass is 184 g/mol. The first-order valence-electron chi connectivity index (χ1n) is 3.52. The van der Waals surface area contributed by atoms with Crippen molar-refractivity contribution in [1.29, 1.82) is 0 Å². The standard InChI is InChI=1S/C6H17O4P/c1-6(2,3)4-5-10-11(7,8)9/h7-9,11H,4-5H2,1-3H3. The van der Waals surface area contributed by atoms with Gasteiger partial charge in [-0.1, -0.05) is 0 Å². The van der Waals surface area contributed by atoms with Crippen molar-refractivity contribution in [3.05, 3.63) is 0 Å². The maximum atomic E-state index is 8.44. The second-order valence-corrected chi connectivity index (χ2v) is 5.17. The van der Waals surface area contributed by atoms with Gasteiger partial charge in [0, 0.05) is 0 Å². The third-order valence-corrected chi connectivity index (χ3v) is 1.74. The second-order valence-electron chi connectivity index (χ2n) is 3.73. The van der Waals surface area contributed by atoms with Gasteiger partial charge in [0.05, 0.1) is 0 Å². The first-order valence-corrected chi connectivity index (χ1v) is 5.27. The summed E-state index contributed by atoms with van der Waals surface area (Å²) in [7, 11) is -4.26. The molecule has 11 heavy (non-hydrogen) atoms. The Bertz CT molecular complexity index is 98.7. The van der Waals surface area contributed by atoms with E-state index in [1.807, 2.05) is 20.8 Å². The van der Waals surface area contributed by atoms with Crippen molar-refractivity contribution in [3.8, 4) is 0 Å². The van der Waals surface area contributed by atoms with Gasteiger partial charge in [0.15, 0.2) is 0 Å². The van der Waals surface area contributed by atoms with Crippen LogP contribution < -0.4 is 0 Å². The molecule has 3 N–H and O–H groups in total. The zero-order valence-electron chi connectivity index (χ0n) is 7.16. The summed E-state index contributed by atoms with van der Waals surface area (Å²) >= 11 is 0. The van der Waals surface area contributed by atoms with E-state index in [-0.39, 0.29) is 12.0 Å². The fraction of sp³-hybridized carbons (Fsp3) is 1.00. The summed E-state index contributed by atoms with van der Waals surface area (Å²) in [6.45, 7) is 6.20. The Labute approximate surface area is 67.5 Å². The van der Waals surface area contributed by atoms with Gasteiger partial charge in [0.2, 0.25) is 0 Å². The van der Waals surface area contributed by atoms with E-state index in [9.17, 15) is 0 Å². The Hall–Kier alpha value is 0.270. The predicted octanol–water partition coefficient (Wildman–Crippen LogP) is 0.826. The quantitative estimate of drug-likeness (QED) is 0.568. The molecule has 0 atom stereocenters. The molecule has 70 valence electrons. The van der Waals surface area contributed by atoms with Crippen LogP contribution in [0.15, 0.2) is 0 Å². The summed E-state index contributed by atoms with van der Waals surface area (Å²) in [5.41, 5.74) is 0.0830. The zero-order valence-corrected chi connectivity index (χ0v) is 8.16. The van der Waals surface area contributed by atoms with Crippen LogP contribution in [0.1, 0.15) is 27.2 Å². The van der Waals surface area contributed by atoms with Gasteiger partial charge in [0.25, 0.3) is 0 Å². The molecule has 0 radical (unpaired) electrons. The molecule has 0 saturated heterocycles. The van der Waals surface area contributed by atoms with Gasteiger partial charge in [-0.25, -0.2) is 0 Å². The molecular weight excluding hydrogens is 167 g/mol. The topological polar surface area (TPSA) is 69.9 Å². The molecule has 0 rings (SSSR count). The number of rotatable bonds is 3. The van der Waals surface area contributed by atoms with Gasteiger partial charge in [-0.3, -0.25) is 0 Å². The molecule has 0 amide bonds. The molecule has 4 nitrogen and oxygen atoms in total. The molecule has 0 aliphatic carbocycles. The average molecular weight is 184 g/mol. The Kier molecular flexibility index (Phi) is 3.88. The Morgan fingerprint density at radius 1 is 1.18 bits per heavy atom. The van der Waals surface area contributed by atoms with Crippen molar-refractivity contribution in [2.75, 3.05) is 6.61 Å². The van der Waals surface area contributed by atoms with Gasteiger partial charge in [0.1, 0.15) is 0 Å². The molecular formula is C6H17O4P. The molecule has 0 spiro atoms. The van der Waals surface area contributed by atoms with Crippen molar-refractivity contribution >= 4 is 8.17 Å². The summed E-state index contributed by atoms with van der Waals surface area (Å²) < 4.78 is 4.41. The van der Waals surface area contributed by atoms with Crippen LogP contribution in [0.25, 0.3) is 0 Å². The van der Waals surface area contributed by atoms with Crippen LogP contribution in [-0.2, 0) is 4.52 Å². The fourth-order valence-corrected chi connectivity index (χ4v) is 0.870. The SMILES string of the molecule is CC(C)(C)CCO[PH](O)(O)O. The van der Waals surface area contributed by atoms with Crippen molar-refractivity contribution < 1.29 is 19.2 Å². The summed E-state index contributed by atoms with van der Waals surface area (Å²) in [5.74, 6) is 0. The van der Waals surface area contributed by atoms with Crippen molar-refractivity contribution in [2.24, 2.45) is 5.41 Å². The molecule has 0 heterocycles. The number of hydrogen-bond donors (Lipinski definition) is 3. The average Bonchev–Trinajstić information content (AvgIpc) is 1.55. The number of hydrogen-bond acceptors (Lipinski definition) is 4. The van der Waals surface area contributed by atoms with E-state index < -0.39 is 8.17 Å². The van der Waals surface area contributed by atoms with Gasteiger partial charge in [-0.05, 0) is 0 Å². The first-order chi connectivity index (χ1) is 4.71. The third-order valence-electron chi connectivity index (χ3n) is 1.15. The molecule has 0 aromatic rings. The van der Waals surface area contributed by atoms with Crippen LogP contribution in [0, 0.1) is 5.41 Å². The van der Waals surface area contributed by atoms with E-state index in [1.54, 1.807) is 0 Å². The van der Waals surface area contributed by atoms with Crippen LogP contribution in [0.2, 0.25) is 0 Å². The van der Waals surface area contributed by atoms with E-state index in [0.29, 0.717) is 6.42 Å². The van der Waals surface area contributed by atoms with Crippen molar-refractivity contribution in [3.63, 3.8) is 0 Å². The fourth-order valence-electron chi connectivity index (χ4n) is 0.494. The van der Waals surface area contributed by atoms with Crippen molar-refractivity contribution in [1.82, 2.24) is 0 Å². The first kappa shape index (κ1) is 11.3. The van der Waals surface area contributed by atoms with Crippen LogP contribution in [0.3, 0.4) is 0 Å².